The van der Waals surface area contributed by atoms with Crippen LogP contribution < -0.4 is 5.56 Å². The summed E-state index contributed by atoms with van der Waals surface area (Å²) in [6, 6.07) is 12.7. The van der Waals surface area contributed by atoms with Crippen molar-refractivity contribution in [3.8, 4) is 5.75 Å². The third kappa shape index (κ3) is 2.59. The number of aromatic amines is 1. The molecule has 0 amide bonds. The van der Waals surface area contributed by atoms with E-state index in [2.05, 4.69) is 9.97 Å². The second-order valence-corrected chi connectivity index (χ2v) is 7.60. The molecular weight excluding hydrogens is 352 g/mol. The summed E-state index contributed by atoms with van der Waals surface area (Å²) in [7, 11) is 0. The van der Waals surface area contributed by atoms with Crippen LogP contribution in [0.3, 0.4) is 0 Å². The van der Waals surface area contributed by atoms with E-state index in [1.165, 1.54) is 23.1 Å². The van der Waals surface area contributed by atoms with E-state index in [1.54, 1.807) is 18.2 Å². The summed E-state index contributed by atoms with van der Waals surface area (Å²) in [6.45, 7) is 0. The number of aromatic nitrogens is 2. The van der Waals surface area contributed by atoms with Crippen LogP contribution in [0, 0.1) is 0 Å². The Morgan fingerprint density at radius 3 is 2.87 bits per heavy atom. The van der Waals surface area contributed by atoms with E-state index in [0.29, 0.717) is 20.3 Å². The van der Waals surface area contributed by atoms with Gasteiger partial charge >= 0.3 is 0 Å². The highest BCUT2D eigenvalue weighted by Crippen LogP contribution is 2.39. The van der Waals surface area contributed by atoms with Gasteiger partial charge in [-0.3, -0.25) is 4.79 Å². The highest BCUT2D eigenvalue weighted by molar-refractivity contribution is 8.01. The number of aromatic hydroxyl groups is 1. The number of halogens is 1. The molecule has 0 fully saturated rings. The van der Waals surface area contributed by atoms with Gasteiger partial charge in [0.2, 0.25) is 0 Å². The van der Waals surface area contributed by atoms with Crippen molar-refractivity contribution in [2.75, 3.05) is 0 Å². The van der Waals surface area contributed by atoms with Crippen molar-refractivity contribution in [3.63, 3.8) is 0 Å². The quantitative estimate of drug-likeness (QED) is 0.546. The van der Waals surface area contributed by atoms with Gasteiger partial charge in [0.1, 0.15) is 10.6 Å². The van der Waals surface area contributed by atoms with Crippen LogP contribution in [-0.4, -0.2) is 15.1 Å². The Hall–Kier alpha value is -2.02. The van der Waals surface area contributed by atoms with Gasteiger partial charge in [-0.15, -0.1) is 11.3 Å². The molecule has 4 nitrogen and oxygen atoms in total. The average Bonchev–Trinajstić information content (AvgIpc) is 2.93. The molecule has 4 rings (SSSR count). The van der Waals surface area contributed by atoms with E-state index < -0.39 is 0 Å². The van der Waals surface area contributed by atoms with Crippen molar-refractivity contribution in [2.24, 2.45) is 0 Å². The molecule has 0 saturated carbocycles. The molecule has 0 atom stereocenters. The first-order chi connectivity index (χ1) is 11.1. The minimum atomic E-state index is -0.360. The number of fused-ring (bicyclic) bond motifs is 2. The predicted molar refractivity (Wildman–Crippen MR) is 95.0 cm³/mol. The van der Waals surface area contributed by atoms with Gasteiger partial charge < -0.3 is 10.1 Å². The Bertz CT molecular complexity index is 1070. The fourth-order valence-corrected chi connectivity index (χ4v) is 4.54. The van der Waals surface area contributed by atoms with Gasteiger partial charge in [0.25, 0.3) is 5.56 Å². The van der Waals surface area contributed by atoms with Crippen LogP contribution >= 0.6 is 34.7 Å². The van der Waals surface area contributed by atoms with Gasteiger partial charge in [-0.1, -0.05) is 23.7 Å². The van der Waals surface area contributed by atoms with Crippen molar-refractivity contribution in [1.29, 1.82) is 0 Å². The lowest BCUT2D eigenvalue weighted by atomic mass is 10.2. The Morgan fingerprint density at radius 2 is 2.04 bits per heavy atom. The molecule has 0 spiro atoms. The molecule has 0 aliphatic carbocycles. The summed E-state index contributed by atoms with van der Waals surface area (Å²) < 4.78 is 1.75. The third-order valence-corrected chi connectivity index (χ3v) is 5.78. The Morgan fingerprint density at radius 1 is 1.22 bits per heavy atom. The maximum atomic E-state index is 12.3. The first-order valence-electron chi connectivity index (χ1n) is 6.70. The van der Waals surface area contributed by atoms with Crippen LogP contribution in [-0.2, 0) is 0 Å². The van der Waals surface area contributed by atoms with Crippen LogP contribution in [0.25, 0.3) is 21.1 Å². The molecule has 4 aromatic rings. The summed E-state index contributed by atoms with van der Waals surface area (Å²) in [5.74, 6) is -0.0512. The van der Waals surface area contributed by atoms with Gasteiger partial charge in [-0.05, 0) is 42.1 Å². The van der Waals surface area contributed by atoms with Crippen LogP contribution in [0.4, 0.5) is 0 Å². The van der Waals surface area contributed by atoms with E-state index in [1.807, 2.05) is 24.3 Å². The number of hydrogen-bond donors (Lipinski definition) is 2. The number of hydrogen-bond acceptors (Lipinski definition) is 5. The molecule has 0 aliphatic rings. The molecule has 0 saturated heterocycles. The molecule has 2 heterocycles. The summed E-state index contributed by atoms with van der Waals surface area (Å²) in [6.07, 6.45) is 0. The SMILES string of the molecule is O=c1[nH]c2cc(Cl)ccc2c(O)c1Sc1nc2ccccc2s1. The normalized spacial score (nSPS) is 11.3. The van der Waals surface area contributed by atoms with Gasteiger partial charge in [-0.2, -0.15) is 0 Å². The average molecular weight is 361 g/mol. The Labute approximate surface area is 143 Å². The zero-order chi connectivity index (χ0) is 16.0. The Kier molecular flexibility index (Phi) is 3.52. The standard InChI is InChI=1S/C16H9ClN2O2S2/c17-8-5-6-9-11(7-8)18-15(21)14(13(9)20)23-16-19-10-3-1-2-4-12(10)22-16/h1-7H,(H2,18,20,21). The fourth-order valence-electron chi connectivity index (χ4n) is 2.31. The van der Waals surface area contributed by atoms with Crippen molar-refractivity contribution < 1.29 is 5.11 Å². The lowest BCUT2D eigenvalue weighted by Crippen LogP contribution is -2.08. The highest BCUT2D eigenvalue weighted by Gasteiger charge is 2.15. The molecular formula is C16H9ClN2O2S2. The second kappa shape index (κ2) is 5.56. The topological polar surface area (TPSA) is 66.0 Å². The molecule has 0 radical (unpaired) electrons. The molecule has 114 valence electrons. The summed E-state index contributed by atoms with van der Waals surface area (Å²) in [5.41, 5.74) is 1.03. The number of nitrogens with zero attached hydrogens (tertiary/aromatic N) is 1. The number of nitrogens with one attached hydrogen (secondary N) is 1. The van der Waals surface area contributed by atoms with Crippen LogP contribution in [0.1, 0.15) is 0 Å². The second-order valence-electron chi connectivity index (χ2n) is 4.87. The summed E-state index contributed by atoms with van der Waals surface area (Å²) in [4.78, 5) is 19.7. The predicted octanol–water partition coefficient (Wildman–Crippen LogP) is 4.65. The van der Waals surface area contributed by atoms with Crippen molar-refractivity contribution in [1.82, 2.24) is 9.97 Å². The van der Waals surface area contributed by atoms with Crippen molar-refractivity contribution in [3.05, 3.63) is 57.8 Å². The van der Waals surface area contributed by atoms with Gasteiger partial charge in [0, 0.05) is 10.4 Å². The minimum absolute atomic E-state index is 0.0512. The number of pyridine rings is 1. The first kappa shape index (κ1) is 14.6. The van der Waals surface area contributed by atoms with Gasteiger partial charge in [0.15, 0.2) is 4.34 Å². The molecule has 2 aromatic carbocycles. The maximum absolute atomic E-state index is 12.3. The molecule has 0 unspecified atom stereocenters. The van der Waals surface area contributed by atoms with Crippen molar-refractivity contribution in [2.45, 2.75) is 9.24 Å². The van der Waals surface area contributed by atoms with E-state index in [-0.39, 0.29) is 16.2 Å². The number of benzene rings is 2. The van der Waals surface area contributed by atoms with Gasteiger partial charge in [-0.25, -0.2) is 4.98 Å². The Balaban J connectivity index is 1.85. The van der Waals surface area contributed by atoms with Gasteiger partial charge in [0.05, 0.1) is 15.7 Å². The molecule has 23 heavy (non-hydrogen) atoms. The summed E-state index contributed by atoms with van der Waals surface area (Å²) >= 11 is 8.57. The number of H-pyrrole nitrogens is 1. The monoisotopic (exact) mass is 360 g/mol. The third-order valence-electron chi connectivity index (χ3n) is 3.37. The van der Waals surface area contributed by atoms with Crippen LogP contribution in [0.15, 0.2) is 56.5 Å². The number of para-hydroxylation sites is 1. The van der Waals surface area contributed by atoms with E-state index >= 15 is 0 Å². The highest BCUT2D eigenvalue weighted by atomic mass is 35.5. The molecule has 2 aromatic heterocycles. The minimum Gasteiger partial charge on any atom is -0.506 e. The molecule has 2 N–H and O–H groups in total. The van der Waals surface area contributed by atoms with E-state index in [0.717, 1.165) is 10.2 Å². The first-order valence-corrected chi connectivity index (χ1v) is 8.71. The van der Waals surface area contributed by atoms with Crippen molar-refractivity contribution >= 4 is 55.8 Å². The smallest absolute Gasteiger partial charge is 0.266 e. The molecule has 0 bridgehead atoms. The largest absolute Gasteiger partial charge is 0.506 e. The summed E-state index contributed by atoms with van der Waals surface area (Å²) in [5, 5.41) is 11.5. The lowest BCUT2D eigenvalue weighted by Gasteiger charge is -2.06. The fraction of sp³-hybridized carbons (Fsp3) is 0. The lowest BCUT2D eigenvalue weighted by molar-refractivity contribution is 0.467. The molecule has 0 aliphatic heterocycles. The van der Waals surface area contributed by atoms with Crippen LogP contribution in [0.2, 0.25) is 5.02 Å². The zero-order valence-electron chi connectivity index (χ0n) is 11.5. The zero-order valence-corrected chi connectivity index (χ0v) is 13.9. The number of rotatable bonds is 2. The maximum Gasteiger partial charge on any atom is 0.266 e. The molecule has 7 heteroatoms. The van der Waals surface area contributed by atoms with E-state index in [4.69, 9.17) is 11.6 Å². The van der Waals surface area contributed by atoms with Crippen LogP contribution in [0.5, 0.6) is 5.75 Å². The van der Waals surface area contributed by atoms with E-state index in [9.17, 15) is 9.90 Å². The number of thiazole rings is 1.